The van der Waals surface area contributed by atoms with Crippen LogP contribution in [-0.4, -0.2) is 11.3 Å². The smallest absolute Gasteiger partial charge is 0.116 e. The zero-order chi connectivity index (χ0) is 13.1. The lowest BCUT2D eigenvalue weighted by Crippen LogP contribution is -1.92. The fourth-order valence-electron chi connectivity index (χ4n) is 2.09. The first-order chi connectivity index (χ1) is 8.60. The molecule has 0 saturated heterocycles. The molecule has 2 N–H and O–H groups in total. The lowest BCUT2D eigenvalue weighted by Gasteiger charge is -2.08. The minimum Gasteiger partial charge on any atom is -0.508 e. The van der Waals surface area contributed by atoms with Crippen molar-refractivity contribution in [3.05, 3.63) is 49.9 Å². The van der Waals surface area contributed by atoms with Crippen LogP contribution in [0.15, 0.2) is 38.8 Å². The summed E-state index contributed by atoms with van der Waals surface area (Å²) >= 11 is 6.83. The Bertz CT molecular complexity index is 547. The zero-order valence-corrected chi connectivity index (χ0v) is 12.9. The molecule has 0 radical (unpaired) electrons. The highest BCUT2D eigenvalue weighted by atomic mass is 79.9. The van der Waals surface area contributed by atoms with Crippen molar-refractivity contribution >= 4 is 38.1 Å². The van der Waals surface area contributed by atoms with Gasteiger partial charge < -0.3 is 10.5 Å². The molecule has 0 bridgehead atoms. The number of aromatic hydroxyl groups is 1. The molecule has 0 amide bonds. The highest BCUT2D eigenvalue weighted by Crippen LogP contribution is 2.31. The van der Waals surface area contributed by atoms with E-state index in [-0.39, 0.29) is 0 Å². The van der Waals surface area contributed by atoms with Gasteiger partial charge in [0.05, 0.1) is 0 Å². The highest BCUT2D eigenvalue weighted by Gasteiger charge is 2.12. The number of nitrogens with one attached hydrogen (secondary N) is 1. The molecule has 0 spiro atoms. The molecule has 1 aromatic carbocycles. The van der Waals surface area contributed by atoms with Gasteiger partial charge in [0.2, 0.25) is 0 Å². The van der Waals surface area contributed by atoms with Crippen molar-refractivity contribution in [3.8, 4) is 5.75 Å². The van der Waals surface area contributed by atoms with Crippen molar-refractivity contribution in [3.63, 3.8) is 0 Å². The maximum Gasteiger partial charge on any atom is 0.116 e. The minimum absolute atomic E-state index is 0.306. The van der Waals surface area contributed by atoms with E-state index in [0.717, 1.165) is 28.2 Å². The summed E-state index contributed by atoms with van der Waals surface area (Å²) in [6.45, 7) is 0. The molecule has 0 aromatic heterocycles. The summed E-state index contributed by atoms with van der Waals surface area (Å²) in [5.74, 6) is 0.306. The first-order valence-electron chi connectivity index (χ1n) is 5.67. The molecule has 1 aliphatic rings. The largest absolute Gasteiger partial charge is 0.508 e. The van der Waals surface area contributed by atoms with E-state index < -0.39 is 0 Å². The highest BCUT2D eigenvalue weighted by molar-refractivity contribution is 9.12. The van der Waals surface area contributed by atoms with Gasteiger partial charge in [-0.1, -0.05) is 27.6 Å². The molecule has 0 aliphatic heterocycles. The van der Waals surface area contributed by atoms with E-state index >= 15 is 0 Å². The van der Waals surface area contributed by atoms with E-state index in [0.29, 0.717) is 5.75 Å². The van der Waals surface area contributed by atoms with E-state index in [9.17, 15) is 5.11 Å². The van der Waals surface area contributed by atoms with Crippen molar-refractivity contribution in [1.82, 2.24) is 0 Å². The van der Waals surface area contributed by atoms with Crippen LogP contribution in [0, 0.1) is 5.41 Å². The molecule has 1 aliphatic carbocycles. The van der Waals surface area contributed by atoms with E-state index in [1.54, 1.807) is 6.07 Å². The van der Waals surface area contributed by atoms with Crippen molar-refractivity contribution in [2.75, 3.05) is 0 Å². The molecule has 0 unspecified atom stereocenters. The number of rotatable bonds is 2. The second-order valence-corrected chi connectivity index (χ2v) is 5.99. The molecule has 0 atom stereocenters. The maximum atomic E-state index is 9.61. The van der Waals surface area contributed by atoms with Crippen LogP contribution < -0.4 is 0 Å². The van der Waals surface area contributed by atoms with Gasteiger partial charge in [0.15, 0.2) is 0 Å². The summed E-state index contributed by atoms with van der Waals surface area (Å²) in [7, 11) is 0. The molecule has 0 heterocycles. The molecule has 1 aromatic rings. The third-order valence-electron chi connectivity index (χ3n) is 2.99. The Hall–Kier alpha value is -0.870. The van der Waals surface area contributed by atoms with Crippen molar-refractivity contribution in [2.45, 2.75) is 19.3 Å². The molecule has 2 rings (SSSR count). The second kappa shape index (κ2) is 5.85. The number of phenolic OH excluding ortho intramolecular Hbond substituents is 1. The van der Waals surface area contributed by atoms with Crippen LogP contribution in [0.1, 0.15) is 17.5 Å². The Labute approximate surface area is 123 Å². The van der Waals surface area contributed by atoms with Crippen molar-refractivity contribution in [1.29, 1.82) is 5.41 Å². The standard InChI is InChI=1S/C14H13Br2NO/c15-11(8-17)5-9-1-3-10-6-12(18)7-14(16)13(10)4-2-9/h2,5-8,17-18H,1,3-4H2/b11-5+,17-8?. The zero-order valence-electron chi connectivity index (χ0n) is 9.71. The van der Waals surface area contributed by atoms with E-state index in [2.05, 4.69) is 37.9 Å². The number of hydrogen-bond acceptors (Lipinski definition) is 2. The topological polar surface area (TPSA) is 44.1 Å². The van der Waals surface area contributed by atoms with E-state index in [1.807, 2.05) is 12.1 Å². The monoisotopic (exact) mass is 369 g/mol. The number of allylic oxidation sites excluding steroid dienone is 4. The quantitative estimate of drug-likeness (QED) is 0.739. The lowest BCUT2D eigenvalue weighted by atomic mass is 10.0. The number of aryl methyl sites for hydroxylation is 1. The minimum atomic E-state index is 0.306. The van der Waals surface area contributed by atoms with Crippen molar-refractivity contribution < 1.29 is 5.11 Å². The van der Waals surface area contributed by atoms with Crippen LogP contribution in [-0.2, 0) is 12.8 Å². The molecule has 4 heteroatoms. The number of benzene rings is 1. The number of phenols is 1. The third-order valence-corrected chi connectivity index (χ3v) is 4.15. The summed E-state index contributed by atoms with van der Waals surface area (Å²) in [6, 6.07) is 3.58. The maximum absolute atomic E-state index is 9.61. The Balaban J connectivity index is 2.31. The molecule has 18 heavy (non-hydrogen) atoms. The number of hydrogen-bond donors (Lipinski definition) is 2. The first-order valence-corrected chi connectivity index (χ1v) is 7.25. The molecule has 0 fully saturated rings. The third kappa shape index (κ3) is 3.12. The van der Waals surface area contributed by atoms with E-state index in [1.165, 1.54) is 22.9 Å². The molecular weight excluding hydrogens is 358 g/mol. The van der Waals surface area contributed by atoms with Gasteiger partial charge in [0.1, 0.15) is 5.75 Å². The Morgan fingerprint density at radius 3 is 2.83 bits per heavy atom. The lowest BCUT2D eigenvalue weighted by molar-refractivity contribution is 0.474. The van der Waals surface area contributed by atoms with Gasteiger partial charge in [-0.15, -0.1) is 0 Å². The summed E-state index contributed by atoms with van der Waals surface area (Å²) in [5, 5.41) is 16.8. The van der Waals surface area contributed by atoms with Gasteiger partial charge in [-0.25, -0.2) is 0 Å². The van der Waals surface area contributed by atoms with E-state index in [4.69, 9.17) is 5.41 Å². The van der Waals surface area contributed by atoms with Crippen LogP contribution in [0.4, 0.5) is 0 Å². The molecule has 0 saturated carbocycles. The van der Waals surface area contributed by atoms with Gasteiger partial charge >= 0.3 is 0 Å². The second-order valence-electron chi connectivity index (χ2n) is 4.22. The average molecular weight is 371 g/mol. The molecule has 94 valence electrons. The van der Waals surface area contributed by atoms with Gasteiger partial charge in [0.25, 0.3) is 0 Å². The fourth-order valence-corrected chi connectivity index (χ4v) is 3.04. The summed E-state index contributed by atoms with van der Waals surface area (Å²) in [5.41, 5.74) is 3.64. The van der Waals surface area contributed by atoms with Gasteiger partial charge in [-0.2, -0.15) is 0 Å². The summed E-state index contributed by atoms with van der Waals surface area (Å²) < 4.78 is 1.74. The van der Waals surface area contributed by atoms with Crippen molar-refractivity contribution in [2.24, 2.45) is 0 Å². The van der Waals surface area contributed by atoms with Gasteiger partial charge in [-0.05, 0) is 64.5 Å². The number of fused-ring (bicyclic) bond motifs is 1. The van der Waals surface area contributed by atoms with Gasteiger partial charge in [-0.3, -0.25) is 0 Å². The van der Waals surface area contributed by atoms with Gasteiger partial charge in [0, 0.05) is 15.2 Å². The first kappa shape index (κ1) is 13.6. The predicted octanol–water partition coefficient (Wildman–Crippen LogP) is 4.50. The van der Waals surface area contributed by atoms with Crippen LogP contribution in [0.3, 0.4) is 0 Å². The number of halogens is 2. The molecule has 2 nitrogen and oxygen atoms in total. The Kier molecular flexibility index (Phi) is 4.40. The van der Waals surface area contributed by atoms with Crippen LogP contribution in [0.25, 0.3) is 0 Å². The Morgan fingerprint density at radius 2 is 2.11 bits per heavy atom. The SMILES string of the molecule is N=C/C(Br)=C\C1=CCc2c(Br)cc(O)cc2CC1. The molecular formula is C14H13Br2NO. The normalized spacial score (nSPS) is 15.7. The van der Waals surface area contributed by atoms with Crippen LogP contribution >= 0.6 is 31.9 Å². The Morgan fingerprint density at radius 1 is 1.33 bits per heavy atom. The summed E-state index contributed by atoms with van der Waals surface area (Å²) in [6.07, 6.45) is 8.13. The predicted molar refractivity (Wildman–Crippen MR) is 81.7 cm³/mol. The average Bonchev–Trinajstić information content (AvgIpc) is 2.52. The van der Waals surface area contributed by atoms with Crippen LogP contribution in [0.5, 0.6) is 5.75 Å². The summed E-state index contributed by atoms with van der Waals surface area (Å²) in [4.78, 5) is 0. The fraction of sp³-hybridized carbons (Fsp3) is 0.214. The van der Waals surface area contributed by atoms with Crippen LogP contribution in [0.2, 0.25) is 0 Å².